The maximum absolute atomic E-state index is 12.0. The fourth-order valence-electron chi connectivity index (χ4n) is 2.72. The van der Waals surface area contributed by atoms with Crippen molar-refractivity contribution in [3.05, 3.63) is 0 Å². The smallest absolute Gasteiger partial charge is 0.410 e. The molecule has 1 amide bonds. The van der Waals surface area contributed by atoms with E-state index < -0.39 is 5.60 Å². The molecule has 17 heavy (non-hydrogen) atoms. The van der Waals surface area contributed by atoms with E-state index in [1.165, 1.54) is 12.8 Å². The molecule has 2 aliphatic heterocycles. The van der Waals surface area contributed by atoms with Crippen molar-refractivity contribution in [1.29, 1.82) is 0 Å². The van der Waals surface area contributed by atoms with Gasteiger partial charge in [-0.15, -0.1) is 0 Å². The minimum absolute atomic E-state index is 0.164. The second-order valence-corrected chi connectivity index (χ2v) is 6.18. The van der Waals surface area contributed by atoms with Crippen LogP contribution in [0.1, 0.15) is 40.0 Å². The molecule has 0 aliphatic carbocycles. The topological polar surface area (TPSA) is 41.6 Å². The van der Waals surface area contributed by atoms with Crippen LogP contribution in [-0.4, -0.2) is 42.3 Å². The van der Waals surface area contributed by atoms with Gasteiger partial charge in [0.15, 0.2) is 0 Å². The monoisotopic (exact) mass is 240 g/mol. The van der Waals surface area contributed by atoms with Gasteiger partial charge in [0.25, 0.3) is 0 Å². The first-order chi connectivity index (χ1) is 7.96. The van der Waals surface area contributed by atoms with Crippen LogP contribution in [0.5, 0.6) is 0 Å². The zero-order valence-corrected chi connectivity index (χ0v) is 11.2. The van der Waals surface area contributed by atoms with Gasteiger partial charge in [-0.3, -0.25) is 0 Å². The Bertz CT molecular complexity index is 286. The summed E-state index contributed by atoms with van der Waals surface area (Å²) in [4.78, 5) is 13.8. The zero-order valence-electron chi connectivity index (χ0n) is 11.2. The highest BCUT2D eigenvalue weighted by molar-refractivity contribution is 5.68. The third-order valence-corrected chi connectivity index (χ3v) is 3.57. The molecule has 0 bridgehead atoms. The average molecular weight is 240 g/mol. The number of ether oxygens (including phenoxy) is 1. The lowest BCUT2D eigenvalue weighted by Crippen LogP contribution is -2.55. The van der Waals surface area contributed by atoms with Gasteiger partial charge in [-0.1, -0.05) is 0 Å². The number of carbonyl (C=O) groups excluding carboxylic acids is 1. The molecule has 2 fully saturated rings. The van der Waals surface area contributed by atoms with E-state index in [1.807, 2.05) is 25.7 Å². The van der Waals surface area contributed by atoms with Crippen molar-refractivity contribution in [2.75, 3.05) is 19.6 Å². The Morgan fingerprint density at radius 3 is 2.82 bits per heavy atom. The molecule has 2 atom stereocenters. The number of nitrogens with one attached hydrogen (secondary N) is 1. The quantitative estimate of drug-likeness (QED) is 0.704. The van der Waals surface area contributed by atoms with Crippen LogP contribution in [0.25, 0.3) is 0 Å². The first kappa shape index (κ1) is 12.7. The highest BCUT2D eigenvalue weighted by atomic mass is 16.6. The highest BCUT2D eigenvalue weighted by Crippen LogP contribution is 2.26. The van der Waals surface area contributed by atoms with Crippen LogP contribution < -0.4 is 5.32 Å². The maximum Gasteiger partial charge on any atom is 0.410 e. The van der Waals surface area contributed by atoms with Gasteiger partial charge in [-0.2, -0.15) is 0 Å². The minimum Gasteiger partial charge on any atom is -0.444 e. The van der Waals surface area contributed by atoms with Crippen LogP contribution in [0, 0.1) is 5.92 Å². The number of piperidine rings is 2. The van der Waals surface area contributed by atoms with E-state index in [4.69, 9.17) is 4.74 Å². The van der Waals surface area contributed by atoms with Crippen LogP contribution in [-0.2, 0) is 4.74 Å². The molecule has 4 nitrogen and oxygen atoms in total. The third kappa shape index (κ3) is 3.35. The molecular weight excluding hydrogens is 216 g/mol. The Morgan fingerprint density at radius 2 is 2.12 bits per heavy atom. The van der Waals surface area contributed by atoms with Gasteiger partial charge in [0.05, 0.1) is 0 Å². The fourth-order valence-corrected chi connectivity index (χ4v) is 2.72. The van der Waals surface area contributed by atoms with E-state index in [1.54, 1.807) is 0 Å². The van der Waals surface area contributed by atoms with Crippen molar-refractivity contribution >= 4 is 6.09 Å². The van der Waals surface area contributed by atoms with Gasteiger partial charge in [-0.05, 0) is 52.5 Å². The normalized spacial score (nSPS) is 29.7. The van der Waals surface area contributed by atoms with Crippen LogP contribution in [0.2, 0.25) is 0 Å². The first-order valence-corrected chi connectivity index (χ1v) is 6.67. The molecule has 0 aromatic rings. The summed E-state index contributed by atoms with van der Waals surface area (Å²) in [6.45, 7) is 8.48. The molecule has 98 valence electrons. The number of rotatable bonds is 0. The number of hydrogen-bond donors (Lipinski definition) is 1. The molecule has 2 rings (SSSR count). The van der Waals surface area contributed by atoms with Gasteiger partial charge >= 0.3 is 6.09 Å². The van der Waals surface area contributed by atoms with Crippen molar-refractivity contribution in [2.45, 2.75) is 51.7 Å². The Kier molecular flexibility index (Phi) is 3.61. The van der Waals surface area contributed by atoms with E-state index in [-0.39, 0.29) is 6.09 Å². The standard InChI is InChI=1S/C13H24N2O2/c1-13(2,3)17-12(16)15-8-6-10-5-4-7-14-11(10)9-15/h10-11,14H,4-9H2,1-3H3. The maximum atomic E-state index is 12.0. The lowest BCUT2D eigenvalue weighted by atomic mass is 9.85. The molecule has 0 aromatic heterocycles. The second kappa shape index (κ2) is 4.84. The SMILES string of the molecule is CC(C)(C)OC(=O)N1CCC2CCCNC2C1. The molecule has 2 heterocycles. The number of amides is 1. The largest absolute Gasteiger partial charge is 0.444 e. The van der Waals surface area contributed by atoms with Gasteiger partial charge in [0, 0.05) is 19.1 Å². The predicted octanol–water partition coefficient (Wildman–Crippen LogP) is 2.00. The molecule has 0 radical (unpaired) electrons. The number of nitrogens with zero attached hydrogens (tertiary/aromatic N) is 1. The lowest BCUT2D eigenvalue weighted by Gasteiger charge is -2.41. The first-order valence-electron chi connectivity index (χ1n) is 6.67. The summed E-state index contributed by atoms with van der Waals surface area (Å²) in [7, 11) is 0. The molecule has 0 saturated carbocycles. The number of fused-ring (bicyclic) bond motifs is 1. The minimum atomic E-state index is -0.395. The summed E-state index contributed by atoms with van der Waals surface area (Å²) >= 11 is 0. The molecule has 2 unspecified atom stereocenters. The Hall–Kier alpha value is -0.770. The van der Waals surface area contributed by atoms with Gasteiger partial charge < -0.3 is 15.0 Å². The molecule has 4 heteroatoms. The Morgan fingerprint density at radius 1 is 1.35 bits per heavy atom. The Labute approximate surface area is 104 Å². The molecule has 2 aliphatic rings. The lowest BCUT2D eigenvalue weighted by molar-refractivity contribution is 0.0116. The van der Waals surface area contributed by atoms with Crippen molar-refractivity contribution in [3.8, 4) is 0 Å². The molecule has 0 spiro atoms. The summed E-state index contributed by atoms with van der Waals surface area (Å²) in [5.41, 5.74) is -0.395. The summed E-state index contributed by atoms with van der Waals surface area (Å²) in [6, 6.07) is 0.477. The van der Waals surface area contributed by atoms with Crippen LogP contribution in [0.15, 0.2) is 0 Å². The Balaban J connectivity index is 1.89. The van der Waals surface area contributed by atoms with E-state index in [0.29, 0.717) is 6.04 Å². The summed E-state index contributed by atoms with van der Waals surface area (Å²) < 4.78 is 5.42. The van der Waals surface area contributed by atoms with Crippen LogP contribution in [0.4, 0.5) is 4.79 Å². The highest BCUT2D eigenvalue weighted by Gasteiger charge is 2.34. The predicted molar refractivity (Wildman–Crippen MR) is 66.9 cm³/mol. The van der Waals surface area contributed by atoms with Crippen molar-refractivity contribution in [3.63, 3.8) is 0 Å². The third-order valence-electron chi connectivity index (χ3n) is 3.57. The fraction of sp³-hybridized carbons (Fsp3) is 0.923. The van der Waals surface area contributed by atoms with E-state index >= 15 is 0 Å². The van der Waals surface area contributed by atoms with Gasteiger partial charge in [0.1, 0.15) is 5.60 Å². The summed E-state index contributed by atoms with van der Waals surface area (Å²) in [5, 5.41) is 3.52. The van der Waals surface area contributed by atoms with E-state index in [9.17, 15) is 4.79 Å². The molecule has 1 N–H and O–H groups in total. The number of carbonyl (C=O) groups is 1. The molecule has 0 aromatic carbocycles. The van der Waals surface area contributed by atoms with Crippen molar-refractivity contribution < 1.29 is 9.53 Å². The average Bonchev–Trinajstić information content (AvgIpc) is 2.26. The van der Waals surface area contributed by atoms with Crippen molar-refractivity contribution in [2.24, 2.45) is 5.92 Å². The molecular formula is C13H24N2O2. The number of hydrogen-bond acceptors (Lipinski definition) is 3. The van der Waals surface area contributed by atoms with Crippen LogP contribution >= 0.6 is 0 Å². The summed E-state index contributed by atoms with van der Waals surface area (Å²) in [5.74, 6) is 0.752. The zero-order chi connectivity index (χ0) is 12.5. The second-order valence-electron chi connectivity index (χ2n) is 6.18. The van der Waals surface area contributed by atoms with Crippen LogP contribution in [0.3, 0.4) is 0 Å². The van der Waals surface area contributed by atoms with Gasteiger partial charge in [-0.25, -0.2) is 4.79 Å². The number of likely N-dealkylation sites (tertiary alicyclic amines) is 1. The van der Waals surface area contributed by atoms with Crippen molar-refractivity contribution in [1.82, 2.24) is 10.2 Å². The molecule has 2 saturated heterocycles. The van der Waals surface area contributed by atoms with E-state index in [2.05, 4.69) is 5.32 Å². The van der Waals surface area contributed by atoms with Gasteiger partial charge in [0.2, 0.25) is 0 Å². The van der Waals surface area contributed by atoms with E-state index in [0.717, 1.165) is 32.0 Å². The summed E-state index contributed by atoms with van der Waals surface area (Å²) in [6.07, 6.45) is 3.52.